The van der Waals surface area contributed by atoms with Gasteiger partial charge in [0.2, 0.25) is 5.91 Å². The molecule has 2 aromatic rings. The molecule has 29 heavy (non-hydrogen) atoms. The first-order valence-corrected chi connectivity index (χ1v) is 10.1. The van der Waals surface area contributed by atoms with Gasteiger partial charge in [0, 0.05) is 5.69 Å². The molecule has 0 fully saturated rings. The van der Waals surface area contributed by atoms with Crippen molar-refractivity contribution >= 4 is 17.7 Å². The smallest absolute Gasteiger partial charge is 0.348 e. The molecule has 1 N–H and O–H groups in total. The van der Waals surface area contributed by atoms with Crippen molar-refractivity contribution in [1.29, 1.82) is 5.26 Å². The van der Waals surface area contributed by atoms with E-state index in [1.165, 1.54) is 12.5 Å². The molecule has 0 unspecified atom stereocenters. The van der Waals surface area contributed by atoms with Gasteiger partial charge in [-0.3, -0.25) is 4.79 Å². The van der Waals surface area contributed by atoms with Crippen LogP contribution in [0.25, 0.3) is 0 Å². The van der Waals surface area contributed by atoms with Gasteiger partial charge in [-0.05, 0) is 50.3 Å². The second kappa shape index (κ2) is 8.46. The van der Waals surface area contributed by atoms with Crippen LogP contribution in [0.2, 0.25) is 0 Å². The molecule has 0 saturated carbocycles. The summed E-state index contributed by atoms with van der Waals surface area (Å²) in [7, 11) is 0. The maximum atomic E-state index is 13.3. The highest BCUT2D eigenvalue weighted by atomic mass is 32.2. The van der Waals surface area contributed by atoms with E-state index in [9.17, 15) is 23.2 Å². The van der Waals surface area contributed by atoms with Crippen molar-refractivity contribution in [3.05, 3.63) is 58.3 Å². The molecule has 0 bridgehead atoms. The zero-order chi connectivity index (χ0) is 21.2. The van der Waals surface area contributed by atoms with E-state index in [4.69, 9.17) is 0 Å². The van der Waals surface area contributed by atoms with Crippen LogP contribution in [0.1, 0.15) is 53.8 Å². The number of carbonyl (C=O) groups excluding carboxylic acids is 1. The molecule has 8 heteroatoms. The highest BCUT2D eigenvalue weighted by molar-refractivity contribution is 8.00. The number of amides is 1. The number of aromatic nitrogens is 1. The van der Waals surface area contributed by atoms with Crippen LogP contribution in [-0.2, 0) is 17.4 Å². The van der Waals surface area contributed by atoms with Gasteiger partial charge >= 0.3 is 6.18 Å². The van der Waals surface area contributed by atoms with E-state index < -0.39 is 22.6 Å². The predicted octanol–water partition coefficient (Wildman–Crippen LogP) is 4.95. The van der Waals surface area contributed by atoms with E-state index in [1.807, 2.05) is 24.3 Å². The molecule has 1 amide bonds. The number of benzene rings is 1. The SMILES string of the molecule is Cc1cc(C(F)(F)F)c(C#N)c(S[C@@H](C)C(=O)N[C@H]2CCCc3ccccc32)n1. The number of pyridine rings is 1. The average molecular weight is 419 g/mol. The molecule has 1 heterocycles. The number of halogens is 3. The van der Waals surface area contributed by atoms with Crippen molar-refractivity contribution in [2.75, 3.05) is 0 Å². The number of hydrogen-bond donors (Lipinski definition) is 1. The molecule has 0 radical (unpaired) electrons. The molecule has 152 valence electrons. The monoisotopic (exact) mass is 419 g/mol. The van der Waals surface area contributed by atoms with Crippen molar-refractivity contribution in [2.45, 2.75) is 55.6 Å². The van der Waals surface area contributed by atoms with E-state index in [0.717, 1.165) is 42.7 Å². The Balaban J connectivity index is 1.79. The number of nitrogens with zero attached hydrogens (tertiary/aromatic N) is 2. The Labute approximate surface area is 171 Å². The first-order valence-electron chi connectivity index (χ1n) is 9.24. The number of aryl methyl sites for hydroxylation is 2. The Bertz CT molecular complexity index is 969. The lowest BCUT2D eigenvalue weighted by Gasteiger charge is -2.27. The molecule has 3 rings (SSSR count). The van der Waals surface area contributed by atoms with Gasteiger partial charge in [-0.1, -0.05) is 36.0 Å². The number of hydrogen-bond acceptors (Lipinski definition) is 4. The van der Waals surface area contributed by atoms with E-state index in [-0.39, 0.29) is 22.7 Å². The largest absolute Gasteiger partial charge is 0.417 e. The highest BCUT2D eigenvalue weighted by Crippen LogP contribution is 2.37. The molecule has 0 spiro atoms. The minimum absolute atomic E-state index is 0.0773. The fourth-order valence-corrected chi connectivity index (χ4v) is 4.46. The van der Waals surface area contributed by atoms with Crippen LogP contribution in [0.15, 0.2) is 35.4 Å². The highest BCUT2D eigenvalue weighted by Gasteiger charge is 2.36. The molecule has 1 aliphatic carbocycles. The minimum atomic E-state index is -4.66. The number of carbonyl (C=O) groups is 1. The number of fused-ring (bicyclic) bond motifs is 1. The summed E-state index contributed by atoms with van der Waals surface area (Å²) < 4.78 is 39.8. The summed E-state index contributed by atoms with van der Waals surface area (Å²) >= 11 is 0.872. The molecule has 1 aromatic carbocycles. The Kier molecular flexibility index (Phi) is 6.18. The predicted molar refractivity (Wildman–Crippen MR) is 104 cm³/mol. The fraction of sp³-hybridized carbons (Fsp3) is 0.381. The molecular formula is C21H20F3N3OS. The maximum absolute atomic E-state index is 13.3. The van der Waals surface area contributed by atoms with E-state index in [1.54, 1.807) is 13.0 Å². The first-order chi connectivity index (χ1) is 13.7. The van der Waals surface area contributed by atoms with Crippen LogP contribution in [0.3, 0.4) is 0 Å². The second-order valence-electron chi connectivity index (χ2n) is 7.01. The molecule has 1 aromatic heterocycles. The normalized spacial score (nSPS) is 17.2. The van der Waals surface area contributed by atoms with E-state index in [2.05, 4.69) is 10.3 Å². The van der Waals surface area contributed by atoms with Gasteiger partial charge in [-0.15, -0.1) is 0 Å². The van der Waals surface area contributed by atoms with Crippen molar-refractivity contribution < 1.29 is 18.0 Å². The van der Waals surface area contributed by atoms with Crippen molar-refractivity contribution in [3.63, 3.8) is 0 Å². The minimum Gasteiger partial charge on any atom is -0.348 e. The van der Waals surface area contributed by atoms with Crippen LogP contribution < -0.4 is 5.32 Å². The lowest BCUT2D eigenvalue weighted by atomic mass is 9.88. The molecule has 2 atom stereocenters. The third kappa shape index (κ3) is 4.73. The zero-order valence-electron chi connectivity index (χ0n) is 16.0. The summed E-state index contributed by atoms with van der Waals surface area (Å²) in [5, 5.41) is 11.5. The third-order valence-corrected chi connectivity index (χ3v) is 5.96. The van der Waals surface area contributed by atoms with E-state index in [0.29, 0.717) is 0 Å². The van der Waals surface area contributed by atoms with Crippen molar-refractivity contribution in [2.24, 2.45) is 0 Å². The Hall–Kier alpha value is -2.53. The molecule has 4 nitrogen and oxygen atoms in total. The average Bonchev–Trinajstić information content (AvgIpc) is 2.67. The number of nitrogens with one attached hydrogen (secondary N) is 1. The fourth-order valence-electron chi connectivity index (χ4n) is 3.48. The van der Waals surface area contributed by atoms with Crippen LogP contribution in [-0.4, -0.2) is 16.1 Å². The van der Waals surface area contributed by atoms with Gasteiger partial charge in [0.1, 0.15) is 11.1 Å². The van der Waals surface area contributed by atoms with Gasteiger partial charge in [0.25, 0.3) is 0 Å². The summed E-state index contributed by atoms with van der Waals surface area (Å²) in [4.78, 5) is 16.8. The Morgan fingerprint density at radius 2 is 2.10 bits per heavy atom. The topological polar surface area (TPSA) is 65.8 Å². The summed E-state index contributed by atoms with van der Waals surface area (Å²) in [6, 6.07) is 10.3. The van der Waals surface area contributed by atoms with Crippen LogP contribution >= 0.6 is 11.8 Å². The summed E-state index contributed by atoms with van der Waals surface area (Å²) in [6.45, 7) is 3.04. The lowest BCUT2D eigenvalue weighted by molar-refractivity contribution is -0.138. The second-order valence-corrected chi connectivity index (χ2v) is 8.34. The number of nitriles is 1. The van der Waals surface area contributed by atoms with Crippen LogP contribution in [0.4, 0.5) is 13.2 Å². The quantitative estimate of drug-likeness (QED) is 0.712. The van der Waals surface area contributed by atoms with Gasteiger partial charge < -0.3 is 5.32 Å². The number of alkyl halides is 3. The molecule has 1 aliphatic rings. The summed E-state index contributed by atoms with van der Waals surface area (Å²) in [6.07, 6.45) is -1.93. The first kappa shape index (κ1) is 21.2. The number of thioether (sulfide) groups is 1. The number of rotatable bonds is 4. The van der Waals surface area contributed by atoms with Gasteiger partial charge in [-0.25, -0.2) is 4.98 Å². The van der Waals surface area contributed by atoms with Crippen molar-refractivity contribution in [3.8, 4) is 6.07 Å². The van der Waals surface area contributed by atoms with Crippen molar-refractivity contribution in [1.82, 2.24) is 10.3 Å². The molecule has 0 aliphatic heterocycles. The molecular weight excluding hydrogens is 399 g/mol. The summed E-state index contributed by atoms with van der Waals surface area (Å²) in [5.41, 5.74) is 0.855. The zero-order valence-corrected chi connectivity index (χ0v) is 16.8. The van der Waals surface area contributed by atoms with Gasteiger partial charge in [-0.2, -0.15) is 18.4 Å². The Morgan fingerprint density at radius 3 is 2.79 bits per heavy atom. The Morgan fingerprint density at radius 1 is 1.38 bits per heavy atom. The van der Waals surface area contributed by atoms with E-state index >= 15 is 0 Å². The summed E-state index contributed by atoms with van der Waals surface area (Å²) in [5.74, 6) is -0.294. The van der Waals surface area contributed by atoms with Gasteiger partial charge in [0.05, 0.1) is 22.4 Å². The van der Waals surface area contributed by atoms with Crippen LogP contribution in [0, 0.1) is 18.3 Å². The lowest BCUT2D eigenvalue weighted by Crippen LogP contribution is -2.36. The third-order valence-electron chi connectivity index (χ3n) is 4.88. The van der Waals surface area contributed by atoms with Crippen LogP contribution in [0.5, 0.6) is 0 Å². The molecule has 0 saturated heterocycles. The standard InChI is InChI=1S/C21H20F3N3OS/c1-12-10-17(21(22,23)24)16(11-25)20(26-12)29-13(2)19(28)27-18-9-5-7-14-6-3-4-8-15(14)18/h3-4,6,8,10,13,18H,5,7,9H2,1-2H3,(H,27,28)/t13-,18-/m0/s1. The maximum Gasteiger partial charge on any atom is 0.417 e. The van der Waals surface area contributed by atoms with Gasteiger partial charge in [0.15, 0.2) is 0 Å².